The van der Waals surface area contributed by atoms with Crippen LogP contribution in [0.3, 0.4) is 0 Å². The number of anilines is 1. The molecular weight excluding hydrogens is 469 g/mol. The number of hydrogen-bond donors (Lipinski definition) is 1. The number of hydrogen-bond acceptors (Lipinski definition) is 4. The van der Waals surface area contributed by atoms with Crippen molar-refractivity contribution in [3.05, 3.63) is 69.6 Å². The van der Waals surface area contributed by atoms with Gasteiger partial charge in [-0.1, -0.05) is 65.9 Å². The van der Waals surface area contributed by atoms with E-state index in [2.05, 4.69) is 5.32 Å². The lowest BCUT2D eigenvalue weighted by Gasteiger charge is -2.15. The number of thiocarbonyl (C=S) groups is 1. The van der Waals surface area contributed by atoms with Crippen molar-refractivity contribution < 1.29 is 22.8 Å². The highest BCUT2D eigenvalue weighted by atomic mass is 35.5. The van der Waals surface area contributed by atoms with E-state index in [1.807, 2.05) is 0 Å². The molecule has 0 atom stereocenters. The van der Waals surface area contributed by atoms with Gasteiger partial charge in [-0.15, -0.1) is 0 Å². The van der Waals surface area contributed by atoms with Crippen LogP contribution in [0.5, 0.6) is 0 Å². The maximum atomic E-state index is 13.0. The van der Waals surface area contributed by atoms with Gasteiger partial charge in [-0.25, -0.2) is 0 Å². The van der Waals surface area contributed by atoms with Gasteiger partial charge in [-0.2, -0.15) is 13.2 Å². The smallest absolute Gasteiger partial charge is 0.326 e. The second-order valence-corrected chi connectivity index (χ2v) is 8.63. The molecule has 0 aliphatic carbocycles. The SMILES string of the molecule is O=C(CCCN1C(=O)C(=Cc2ccccc2Cl)SC1=S)Nc1ccccc1C(F)(F)F. The number of thioether (sulfide) groups is 1. The zero-order valence-electron chi connectivity index (χ0n) is 15.9. The van der Waals surface area contributed by atoms with Gasteiger partial charge in [0.25, 0.3) is 5.91 Å². The van der Waals surface area contributed by atoms with Crippen molar-refractivity contribution in [2.45, 2.75) is 19.0 Å². The van der Waals surface area contributed by atoms with E-state index in [-0.39, 0.29) is 31.0 Å². The van der Waals surface area contributed by atoms with Crippen LogP contribution in [0.15, 0.2) is 53.4 Å². The summed E-state index contributed by atoms with van der Waals surface area (Å²) in [5.41, 5.74) is -0.523. The Morgan fingerprint density at radius 3 is 2.55 bits per heavy atom. The number of nitrogens with one attached hydrogen (secondary N) is 1. The highest BCUT2D eigenvalue weighted by Crippen LogP contribution is 2.35. The Bertz CT molecular complexity index is 1060. The monoisotopic (exact) mass is 484 g/mol. The normalized spacial score (nSPS) is 15.6. The van der Waals surface area contributed by atoms with E-state index in [0.29, 0.717) is 19.8 Å². The molecule has 0 bridgehead atoms. The Morgan fingerprint density at radius 2 is 1.84 bits per heavy atom. The maximum Gasteiger partial charge on any atom is 0.418 e. The summed E-state index contributed by atoms with van der Waals surface area (Å²) >= 11 is 12.5. The molecule has 2 aromatic rings. The highest BCUT2D eigenvalue weighted by Gasteiger charge is 2.34. The van der Waals surface area contributed by atoms with Gasteiger partial charge in [0.15, 0.2) is 0 Å². The number of para-hydroxylation sites is 1. The summed E-state index contributed by atoms with van der Waals surface area (Å²) < 4.78 is 39.5. The van der Waals surface area contributed by atoms with E-state index < -0.39 is 17.6 Å². The summed E-state index contributed by atoms with van der Waals surface area (Å²) in [4.78, 5) is 26.6. The number of nitrogens with zero attached hydrogens (tertiary/aromatic N) is 1. The van der Waals surface area contributed by atoms with E-state index in [1.54, 1.807) is 30.3 Å². The number of amides is 2. The van der Waals surface area contributed by atoms with Crippen LogP contribution in [0, 0.1) is 0 Å². The first-order valence-corrected chi connectivity index (χ1v) is 10.7. The van der Waals surface area contributed by atoms with Gasteiger partial charge in [0, 0.05) is 18.0 Å². The Kier molecular flexibility index (Phi) is 7.40. The van der Waals surface area contributed by atoms with Crippen LogP contribution in [0.4, 0.5) is 18.9 Å². The van der Waals surface area contributed by atoms with E-state index >= 15 is 0 Å². The first-order chi connectivity index (χ1) is 14.7. The lowest BCUT2D eigenvalue weighted by atomic mass is 10.1. The van der Waals surface area contributed by atoms with Crippen LogP contribution in [0.25, 0.3) is 6.08 Å². The van der Waals surface area contributed by atoms with Crippen molar-refractivity contribution in [2.24, 2.45) is 0 Å². The van der Waals surface area contributed by atoms with Crippen LogP contribution < -0.4 is 5.32 Å². The number of carbonyl (C=O) groups is 2. The van der Waals surface area contributed by atoms with Crippen LogP contribution >= 0.6 is 35.6 Å². The van der Waals surface area contributed by atoms with Gasteiger partial charge in [0.2, 0.25) is 5.91 Å². The number of benzene rings is 2. The molecule has 0 saturated carbocycles. The number of rotatable bonds is 6. The molecule has 1 saturated heterocycles. The number of carbonyl (C=O) groups excluding carboxylic acids is 2. The number of alkyl halides is 3. The summed E-state index contributed by atoms with van der Waals surface area (Å²) in [5.74, 6) is -0.869. The molecule has 0 spiro atoms. The van der Waals surface area contributed by atoms with Gasteiger partial charge < -0.3 is 5.32 Å². The zero-order chi connectivity index (χ0) is 22.6. The molecule has 10 heteroatoms. The van der Waals surface area contributed by atoms with Gasteiger partial charge in [-0.3, -0.25) is 14.5 Å². The molecule has 162 valence electrons. The first-order valence-electron chi connectivity index (χ1n) is 9.13. The summed E-state index contributed by atoms with van der Waals surface area (Å²) in [6.45, 7) is 0.179. The third-order valence-electron chi connectivity index (χ3n) is 4.36. The molecule has 1 fully saturated rings. The lowest BCUT2D eigenvalue weighted by Crippen LogP contribution is -2.29. The summed E-state index contributed by atoms with van der Waals surface area (Å²) in [6, 6.07) is 11.8. The minimum absolute atomic E-state index is 0.0627. The molecule has 1 N–H and O–H groups in total. The van der Waals surface area contributed by atoms with Crippen molar-refractivity contribution in [3.8, 4) is 0 Å². The van der Waals surface area contributed by atoms with E-state index in [1.165, 1.54) is 23.1 Å². The topological polar surface area (TPSA) is 49.4 Å². The van der Waals surface area contributed by atoms with Crippen molar-refractivity contribution in [2.75, 3.05) is 11.9 Å². The Morgan fingerprint density at radius 1 is 1.16 bits per heavy atom. The second-order valence-electron chi connectivity index (χ2n) is 6.55. The van der Waals surface area contributed by atoms with E-state index in [9.17, 15) is 22.8 Å². The zero-order valence-corrected chi connectivity index (χ0v) is 18.3. The fourth-order valence-electron chi connectivity index (χ4n) is 2.88. The predicted octanol–water partition coefficient (Wildman–Crippen LogP) is 5.98. The molecule has 0 unspecified atom stereocenters. The van der Waals surface area contributed by atoms with E-state index in [0.717, 1.165) is 17.8 Å². The molecule has 4 nitrogen and oxygen atoms in total. The summed E-state index contributed by atoms with van der Waals surface area (Å²) in [5, 5.41) is 2.79. The Balaban J connectivity index is 1.58. The molecule has 1 heterocycles. The molecule has 1 aliphatic heterocycles. The fourth-order valence-corrected chi connectivity index (χ4v) is 4.37. The molecule has 31 heavy (non-hydrogen) atoms. The lowest BCUT2D eigenvalue weighted by molar-refractivity contribution is -0.137. The van der Waals surface area contributed by atoms with Crippen LogP contribution in [0.1, 0.15) is 24.0 Å². The van der Waals surface area contributed by atoms with Gasteiger partial charge in [0.05, 0.1) is 16.2 Å². The molecule has 0 radical (unpaired) electrons. The average molecular weight is 485 g/mol. The van der Waals surface area contributed by atoms with Crippen molar-refractivity contribution in [3.63, 3.8) is 0 Å². The average Bonchev–Trinajstić information content (AvgIpc) is 2.96. The Hall–Kier alpha value is -2.36. The first kappa shape index (κ1) is 23.3. The minimum atomic E-state index is -4.57. The van der Waals surface area contributed by atoms with Gasteiger partial charge in [0.1, 0.15) is 4.32 Å². The van der Waals surface area contributed by atoms with Crippen molar-refractivity contribution in [1.29, 1.82) is 0 Å². The largest absolute Gasteiger partial charge is 0.418 e. The third-order valence-corrected chi connectivity index (χ3v) is 6.08. The fraction of sp³-hybridized carbons (Fsp3) is 0.190. The standard InChI is InChI=1S/C21H16ClF3N2O2S2/c22-15-8-3-1-6-13(15)12-17-19(29)27(20(30)31-17)11-5-10-18(28)26-16-9-4-2-7-14(16)21(23,24)25/h1-4,6-9,12H,5,10-11H2,(H,26,28). The maximum absolute atomic E-state index is 13.0. The highest BCUT2D eigenvalue weighted by molar-refractivity contribution is 8.26. The van der Waals surface area contributed by atoms with Crippen molar-refractivity contribution >= 4 is 63.5 Å². The molecular formula is C21H16ClF3N2O2S2. The van der Waals surface area contributed by atoms with Gasteiger partial charge in [-0.05, 0) is 36.3 Å². The Labute approximate surface area is 191 Å². The van der Waals surface area contributed by atoms with Crippen LogP contribution in [-0.4, -0.2) is 27.6 Å². The molecule has 2 amide bonds. The quantitative estimate of drug-likeness (QED) is 0.405. The van der Waals surface area contributed by atoms with Crippen LogP contribution in [-0.2, 0) is 15.8 Å². The molecule has 3 rings (SSSR count). The molecule has 2 aromatic carbocycles. The van der Waals surface area contributed by atoms with Crippen LogP contribution in [0.2, 0.25) is 5.02 Å². The minimum Gasteiger partial charge on any atom is -0.326 e. The van der Waals surface area contributed by atoms with E-state index in [4.69, 9.17) is 23.8 Å². The third kappa shape index (κ3) is 5.87. The summed E-state index contributed by atoms with van der Waals surface area (Å²) in [7, 11) is 0. The molecule has 1 aliphatic rings. The van der Waals surface area contributed by atoms with Gasteiger partial charge >= 0.3 is 6.18 Å². The summed E-state index contributed by atoms with van der Waals surface area (Å²) in [6.07, 6.45) is -2.74. The van der Waals surface area contributed by atoms with Crippen molar-refractivity contribution in [1.82, 2.24) is 4.90 Å². The predicted molar refractivity (Wildman–Crippen MR) is 121 cm³/mol. The number of halogens is 4. The molecule has 0 aromatic heterocycles. The second kappa shape index (κ2) is 9.84.